The first kappa shape index (κ1) is 21.4. The first-order valence-electron chi connectivity index (χ1n) is 9.25. The molecule has 1 saturated heterocycles. The highest BCUT2D eigenvalue weighted by Crippen LogP contribution is 2.38. The summed E-state index contributed by atoms with van der Waals surface area (Å²) in [5.74, 6) is 0. The van der Waals surface area contributed by atoms with Crippen LogP contribution in [-0.4, -0.2) is 41.5 Å². The van der Waals surface area contributed by atoms with Crippen molar-refractivity contribution in [1.29, 1.82) is 0 Å². The summed E-state index contributed by atoms with van der Waals surface area (Å²) in [6.45, 7) is 15.7. The maximum absolute atomic E-state index is 12.1. The van der Waals surface area contributed by atoms with Gasteiger partial charge in [-0.05, 0) is 72.5 Å². The minimum atomic E-state index is -0.565. The molecule has 0 saturated carbocycles. The van der Waals surface area contributed by atoms with Crippen molar-refractivity contribution in [1.82, 2.24) is 10.3 Å². The van der Waals surface area contributed by atoms with Gasteiger partial charge in [0.25, 0.3) is 0 Å². The summed E-state index contributed by atoms with van der Waals surface area (Å²) in [5.41, 5.74) is 1.16. The highest BCUT2D eigenvalue weighted by Gasteiger charge is 2.52. The molecular weight excluding hydrogens is 343 g/mol. The van der Waals surface area contributed by atoms with Gasteiger partial charge >= 0.3 is 13.2 Å². The fourth-order valence-electron chi connectivity index (χ4n) is 2.53. The Hall–Kier alpha value is -1.86. The van der Waals surface area contributed by atoms with Gasteiger partial charge in [0.2, 0.25) is 0 Å². The topological polar surface area (TPSA) is 69.7 Å². The van der Waals surface area contributed by atoms with Crippen LogP contribution in [0.25, 0.3) is 6.08 Å². The lowest BCUT2D eigenvalue weighted by Gasteiger charge is -2.32. The average Bonchev–Trinajstić information content (AvgIpc) is 2.71. The highest BCUT2D eigenvalue weighted by atomic mass is 16.7. The third-order valence-electron chi connectivity index (χ3n) is 4.78. The molecule has 1 amide bonds. The Morgan fingerprint density at radius 1 is 1.26 bits per heavy atom. The second kappa shape index (κ2) is 7.64. The standard InChI is InChI=1S/C20H31BN2O4/c1-14-15(10-9-11-22-14)12-16(13-23-17(24)25-18(2,3)4)21-26-19(5,6)20(7,8)27-21/h9-12H,13H2,1-8H3,(H,23,24). The zero-order valence-corrected chi connectivity index (χ0v) is 17.7. The van der Waals surface area contributed by atoms with Gasteiger partial charge < -0.3 is 19.4 Å². The molecule has 2 rings (SSSR count). The van der Waals surface area contributed by atoms with Crippen molar-refractivity contribution in [3.05, 3.63) is 35.1 Å². The Morgan fingerprint density at radius 3 is 2.37 bits per heavy atom. The van der Waals surface area contributed by atoms with Gasteiger partial charge in [-0.1, -0.05) is 12.1 Å². The van der Waals surface area contributed by atoms with Gasteiger partial charge in [-0.25, -0.2) is 4.79 Å². The summed E-state index contributed by atoms with van der Waals surface area (Å²) in [6, 6.07) is 3.85. The quantitative estimate of drug-likeness (QED) is 0.809. The number of hydrogen-bond acceptors (Lipinski definition) is 5. The normalized spacial score (nSPS) is 19.1. The molecule has 1 N–H and O–H groups in total. The van der Waals surface area contributed by atoms with Crippen LogP contribution in [0.4, 0.5) is 4.79 Å². The molecule has 0 spiro atoms. The minimum Gasteiger partial charge on any atom is -0.444 e. The third kappa shape index (κ3) is 5.56. The van der Waals surface area contributed by atoms with Crippen LogP contribution in [-0.2, 0) is 14.0 Å². The molecule has 1 fully saturated rings. The van der Waals surface area contributed by atoms with Gasteiger partial charge in [0.1, 0.15) is 5.60 Å². The molecule has 2 heterocycles. The van der Waals surface area contributed by atoms with Crippen molar-refractivity contribution in [2.45, 2.75) is 72.2 Å². The highest BCUT2D eigenvalue weighted by molar-refractivity contribution is 6.56. The largest absolute Gasteiger partial charge is 0.492 e. The molecule has 0 bridgehead atoms. The van der Waals surface area contributed by atoms with Crippen molar-refractivity contribution in [2.75, 3.05) is 6.54 Å². The molecule has 0 unspecified atom stereocenters. The van der Waals surface area contributed by atoms with Crippen LogP contribution in [0.15, 0.2) is 23.8 Å². The van der Waals surface area contributed by atoms with Gasteiger partial charge in [-0.2, -0.15) is 0 Å². The summed E-state index contributed by atoms with van der Waals surface area (Å²) in [5, 5.41) is 2.80. The van der Waals surface area contributed by atoms with E-state index in [1.165, 1.54) is 0 Å². The van der Waals surface area contributed by atoms with E-state index in [0.717, 1.165) is 16.7 Å². The molecule has 0 atom stereocenters. The Morgan fingerprint density at radius 2 is 1.85 bits per heavy atom. The first-order chi connectivity index (χ1) is 12.3. The molecule has 1 aromatic rings. The van der Waals surface area contributed by atoms with Crippen LogP contribution >= 0.6 is 0 Å². The van der Waals surface area contributed by atoms with E-state index in [2.05, 4.69) is 10.3 Å². The van der Waals surface area contributed by atoms with Crippen molar-refractivity contribution >= 4 is 19.3 Å². The van der Waals surface area contributed by atoms with E-state index in [-0.39, 0.29) is 6.54 Å². The Kier molecular flexibility index (Phi) is 6.07. The van der Waals surface area contributed by atoms with Crippen molar-refractivity contribution in [3.8, 4) is 0 Å². The number of nitrogens with one attached hydrogen (secondary N) is 1. The summed E-state index contributed by atoms with van der Waals surface area (Å²) >= 11 is 0. The molecule has 0 aliphatic carbocycles. The SMILES string of the molecule is Cc1ncccc1C=C(CNC(=O)OC(C)(C)C)B1OC(C)(C)C(C)(C)O1. The number of carbonyl (C=O) groups excluding carboxylic acids is 1. The summed E-state index contributed by atoms with van der Waals surface area (Å²) in [4.78, 5) is 16.4. The van der Waals surface area contributed by atoms with Gasteiger partial charge in [-0.3, -0.25) is 4.98 Å². The number of amides is 1. The zero-order valence-electron chi connectivity index (χ0n) is 17.7. The molecule has 0 radical (unpaired) electrons. The fourth-order valence-corrected chi connectivity index (χ4v) is 2.53. The molecule has 1 aromatic heterocycles. The number of rotatable bonds is 4. The second-order valence-electron chi connectivity index (χ2n) is 8.84. The van der Waals surface area contributed by atoms with Crippen molar-refractivity contribution in [3.63, 3.8) is 0 Å². The van der Waals surface area contributed by atoms with Crippen LogP contribution < -0.4 is 5.32 Å². The fraction of sp³-hybridized carbons (Fsp3) is 0.600. The first-order valence-corrected chi connectivity index (χ1v) is 9.25. The van der Waals surface area contributed by atoms with Crippen molar-refractivity contribution in [2.24, 2.45) is 0 Å². The minimum absolute atomic E-state index is 0.250. The number of alkyl carbamates (subject to hydrolysis) is 1. The molecule has 6 nitrogen and oxygen atoms in total. The maximum atomic E-state index is 12.1. The average molecular weight is 374 g/mol. The second-order valence-corrected chi connectivity index (χ2v) is 8.84. The van der Waals surface area contributed by atoms with Gasteiger partial charge in [0.15, 0.2) is 0 Å². The van der Waals surface area contributed by atoms with E-state index < -0.39 is 30.0 Å². The van der Waals surface area contributed by atoms with Crippen LogP contribution in [0.2, 0.25) is 0 Å². The van der Waals surface area contributed by atoms with Crippen LogP contribution in [0.1, 0.15) is 59.7 Å². The molecule has 0 aromatic carbocycles. The van der Waals surface area contributed by atoms with Crippen LogP contribution in [0.3, 0.4) is 0 Å². The van der Waals surface area contributed by atoms with Crippen molar-refractivity contribution < 1.29 is 18.8 Å². The predicted octanol–water partition coefficient (Wildman–Crippen LogP) is 3.93. The van der Waals surface area contributed by atoms with Gasteiger partial charge in [-0.15, -0.1) is 0 Å². The molecule has 148 valence electrons. The molecule has 1 aliphatic rings. The van der Waals surface area contributed by atoms with E-state index in [1.807, 2.05) is 73.6 Å². The lowest BCUT2D eigenvalue weighted by atomic mass is 9.77. The molecule has 27 heavy (non-hydrogen) atoms. The predicted molar refractivity (Wildman–Crippen MR) is 107 cm³/mol. The lowest BCUT2D eigenvalue weighted by molar-refractivity contribution is 0.00578. The van der Waals surface area contributed by atoms with E-state index in [1.54, 1.807) is 6.20 Å². The number of aryl methyl sites for hydroxylation is 1. The smallest absolute Gasteiger partial charge is 0.444 e. The lowest BCUT2D eigenvalue weighted by Crippen LogP contribution is -2.41. The van der Waals surface area contributed by atoms with E-state index in [9.17, 15) is 4.79 Å². The number of pyridine rings is 1. The number of nitrogens with zero attached hydrogens (tertiary/aromatic N) is 1. The van der Waals surface area contributed by atoms with E-state index in [0.29, 0.717) is 0 Å². The van der Waals surface area contributed by atoms with Gasteiger partial charge in [0, 0.05) is 18.4 Å². The van der Waals surface area contributed by atoms with E-state index >= 15 is 0 Å². The summed E-state index contributed by atoms with van der Waals surface area (Å²) in [7, 11) is -0.565. The zero-order chi connectivity index (χ0) is 20.5. The number of aromatic nitrogens is 1. The maximum Gasteiger partial charge on any atom is 0.492 e. The molecular formula is C20H31BN2O4. The summed E-state index contributed by atoms with van der Waals surface area (Å²) < 4.78 is 17.7. The number of hydrogen-bond donors (Lipinski definition) is 1. The van der Waals surface area contributed by atoms with Gasteiger partial charge in [0.05, 0.1) is 11.2 Å². The van der Waals surface area contributed by atoms with E-state index in [4.69, 9.17) is 14.0 Å². The Bertz CT molecular complexity index is 707. The number of carbonyl (C=O) groups is 1. The molecule has 7 heteroatoms. The summed E-state index contributed by atoms with van der Waals surface area (Å²) in [6.07, 6.45) is 3.23. The monoisotopic (exact) mass is 374 g/mol. The number of ether oxygens (including phenoxy) is 1. The third-order valence-corrected chi connectivity index (χ3v) is 4.78. The Balaban J connectivity index is 2.25. The molecule has 1 aliphatic heterocycles. The Labute approximate surface area is 162 Å². The van der Waals surface area contributed by atoms with Crippen LogP contribution in [0.5, 0.6) is 0 Å². The van der Waals surface area contributed by atoms with Crippen LogP contribution in [0, 0.1) is 6.92 Å².